The van der Waals surface area contributed by atoms with Crippen molar-refractivity contribution < 1.29 is 0 Å². The van der Waals surface area contributed by atoms with Gasteiger partial charge in [0.25, 0.3) is 0 Å². The Morgan fingerprint density at radius 2 is 1.61 bits per heavy atom. The predicted molar refractivity (Wildman–Crippen MR) is 86.8 cm³/mol. The van der Waals surface area contributed by atoms with E-state index in [4.69, 9.17) is 0 Å². The van der Waals surface area contributed by atoms with Crippen LogP contribution in [0.4, 0.5) is 0 Å². The Morgan fingerprint density at radius 3 is 2.11 bits per heavy atom. The number of benzene rings is 1. The Labute approximate surface area is 128 Å². The predicted octanol–water partition coefficient (Wildman–Crippen LogP) is 5.52. The minimum absolute atomic E-state index is 0.151. The number of hydrogen-bond donors (Lipinski definition) is 1. The molecule has 0 saturated heterocycles. The molecule has 0 radical (unpaired) electrons. The van der Waals surface area contributed by atoms with E-state index >= 15 is 0 Å². The van der Waals surface area contributed by atoms with Crippen molar-refractivity contribution >= 4 is 31.9 Å². The minimum atomic E-state index is 0.151. The maximum Gasteiger partial charge on any atom is 0.0320 e. The highest BCUT2D eigenvalue weighted by atomic mass is 79.9. The van der Waals surface area contributed by atoms with E-state index in [9.17, 15) is 0 Å². The van der Waals surface area contributed by atoms with Crippen LogP contribution in [0.5, 0.6) is 0 Å². The second-order valence-electron chi connectivity index (χ2n) is 6.72. The van der Waals surface area contributed by atoms with Gasteiger partial charge in [0.1, 0.15) is 0 Å². The molecule has 1 N–H and O–H groups in total. The van der Waals surface area contributed by atoms with Gasteiger partial charge < -0.3 is 5.32 Å². The quantitative estimate of drug-likeness (QED) is 0.729. The Hall–Kier alpha value is 0.140. The molecule has 0 aliphatic heterocycles. The van der Waals surface area contributed by atoms with Gasteiger partial charge in [0.15, 0.2) is 0 Å². The summed E-state index contributed by atoms with van der Waals surface area (Å²) in [7, 11) is 0. The smallest absolute Gasteiger partial charge is 0.0320 e. The number of rotatable bonds is 4. The van der Waals surface area contributed by atoms with E-state index in [-0.39, 0.29) is 5.54 Å². The van der Waals surface area contributed by atoms with Crippen molar-refractivity contribution in [2.24, 2.45) is 5.41 Å². The van der Waals surface area contributed by atoms with Gasteiger partial charge in [-0.25, -0.2) is 0 Å². The van der Waals surface area contributed by atoms with Crippen molar-refractivity contribution in [3.8, 4) is 0 Å². The molecule has 1 nitrogen and oxygen atoms in total. The van der Waals surface area contributed by atoms with Crippen molar-refractivity contribution in [3.63, 3.8) is 0 Å². The van der Waals surface area contributed by atoms with E-state index in [0.717, 1.165) is 21.9 Å². The molecular formula is C15H23Br2N. The molecule has 1 rings (SSSR count). The zero-order valence-corrected chi connectivity index (χ0v) is 15.1. The lowest BCUT2D eigenvalue weighted by Crippen LogP contribution is -2.41. The van der Waals surface area contributed by atoms with Crippen LogP contribution in [0.25, 0.3) is 0 Å². The van der Waals surface area contributed by atoms with E-state index in [0.29, 0.717) is 5.41 Å². The second kappa shape index (κ2) is 6.06. The van der Waals surface area contributed by atoms with Gasteiger partial charge in [-0.3, -0.25) is 0 Å². The molecule has 0 unspecified atom stereocenters. The fraction of sp³-hybridized carbons (Fsp3) is 0.600. The third kappa shape index (κ3) is 5.85. The third-order valence-corrected chi connectivity index (χ3v) is 4.61. The van der Waals surface area contributed by atoms with E-state index < -0.39 is 0 Å². The topological polar surface area (TPSA) is 12.0 Å². The molecule has 0 aromatic heterocycles. The zero-order chi connectivity index (χ0) is 14.0. The number of nitrogens with one attached hydrogen (secondary N) is 1. The van der Waals surface area contributed by atoms with Gasteiger partial charge in [-0.1, -0.05) is 26.8 Å². The van der Waals surface area contributed by atoms with Crippen LogP contribution in [-0.4, -0.2) is 5.54 Å². The first kappa shape index (κ1) is 16.2. The van der Waals surface area contributed by atoms with Crippen molar-refractivity contribution in [3.05, 3.63) is 32.7 Å². The highest BCUT2D eigenvalue weighted by Gasteiger charge is 2.24. The minimum Gasteiger partial charge on any atom is -0.308 e. The van der Waals surface area contributed by atoms with Gasteiger partial charge in [-0.05, 0) is 75.2 Å². The molecule has 0 saturated carbocycles. The summed E-state index contributed by atoms with van der Waals surface area (Å²) < 4.78 is 2.20. The van der Waals surface area contributed by atoms with E-state index in [1.54, 1.807) is 0 Å². The van der Waals surface area contributed by atoms with Crippen LogP contribution < -0.4 is 5.32 Å². The summed E-state index contributed by atoms with van der Waals surface area (Å²) in [5.74, 6) is 0. The summed E-state index contributed by atoms with van der Waals surface area (Å²) in [4.78, 5) is 0. The van der Waals surface area contributed by atoms with Crippen LogP contribution in [0.1, 0.15) is 46.6 Å². The molecule has 0 fully saturated rings. The van der Waals surface area contributed by atoms with Crippen molar-refractivity contribution in [1.82, 2.24) is 5.32 Å². The molecule has 1 aromatic carbocycles. The lowest BCUT2D eigenvalue weighted by molar-refractivity contribution is 0.240. The summed E-state index contributed by atoms with van der Waals surface area (Å²) in [6, 6.07) is 6.39. The van der Waals surface area contributed by atoms with Crippen molar-refractivity contribution in [2.75, 3.05) is 0 Å². The first-order valence-corrected chi connectivity index (χ1v) is 7.87. The Morgan fingerprint density at radius 1 is 1.00 bits per heavy atom. The molecule has 0 amide bonds. The molecule has 3 heteroatoms. The molecule has 18 heavy (non-hydrogen) atoms. The lowest BCUT2D eigenvalue weighted by atomic mass is 9.82. The summed E-state index contributed by atoms with van der Waals surface area (Å²) in [5.41, 5.74) is 1.79. The van der Waals surface area contributed by atoms with Gasteiger partial charge >= 0.3 is 0 Å². The summed E-state index contributed by atoms with van der Waals surface area (Å²) in [6.45, 7) is 12.3. The third-order valence-electron chi connectivity index (χ3n) is 2.73. The van der Waals surface area contributed by atoms with Crippen LogP contribution >= 0.6 is 31.9 Å². The van der Waals surface area contributed by atoms with Crippen LogP contribution in [0.2, 0.25) is 0 Å². The molecule has 0 atom stereocenters. The fourth-order valence-electron chi connectivity index (χ4n) is 2.38. The zero-order valence-electron chi connectivity index (χ0n) is 11.9. The number of halogens is 2. The summed E-state index contributed by atoms with van der Waals surface area (Å²) >= 11 is 7.03. The first-order chi connectivity index (χ1) is 8.09. The van der Waals surface area contributed by atoms with Gasteiger partial charge in [-0.2, -0.15) is 0 Å². The van der Waals surface area contributed by atoms with Crippen molar-refractivity contribution in [1.29, 1.82) is 0 Å². The van der Waals surface area contributed by atoms with E-state index in [1.165, 1.54) is 5.56 Å². The summed E-state index contributed by atoms with van der Waals surface area (Å²) in [6.07, 6.45) is 1.15. The van der Waals surface area contributed by atoms with Gasteiger partial charge in [0.05, 0.1) is 0 Å². The van der Waals surface area contributed by atoms with Crippen LogP contribution in [-0.2, 0) is 6.54 Å². The van der Waals surface area contributed by atoms with Gasteiger partial charge in [0.2, 0.25) is 0 Å². The van der Waals surface area contributed by atoms with Crippen LogP contribution in [0.3, 0.4) is 0 Å². The average molecular weight is 377 g/mol. The monoisotopic (exact) mass is 375 g/mol. The highest BCUT2D eigenvalue weighted by Crippen LogP contribution is 2.28. The molecule has 0 bridgehead atoms. The first-order valence-electron chi connectivity index (χ1n) is 6.28. The highest BCUT2D eigenvalue weighted by molar-refractivity contribution is 9.13. The standard InChI is InChI=1S/C15H23Br2N/c1-14(2,3)10-15(4,5)18-9-11-6-7-12(16)13(17)8-11/h6-8,18H,9-10H2,1-5H3. The van der Waals surface area contributed by atoms with Crippen LogP contribution in [0, 0.1) is 5.41 Å². The molecular weight excluding hydrogens is 354 g/mol. The van der Waals surface area contributed by atoms with Crippen molar-refractivity contribution in [2.45, 2.75) is 53.1 Å². The maximum absolute atomic E-state index is 3.64. The Balaban J connectivity index is 2.61. The molecule has 0 spiro atoms. The van der Waals surface area contributed by atoms with E-state index in [1.807, 2.05) is 0 Å². The Kier molecular flexibility index (Phi) is 5.45. The SMILES string of the molecule is CC(C)(C)CC(C)(C)NCc1ccc(Br)c(Br)c1. The van der Waals surface area contributed by atoms with Gasteiger partial charge in [0, 0.05) is 21.0 Å². The normalized spacial score (nSPS) is 12.8. The van der Waals surface area contributed by atoms with Crippen LogP contribution in [0.15, 0.2) is 27.1 Å². The molecule has 102 valence electrons. The van der Waals surface area contributed by atoms with Gasteiger partial charge in [-0.15, -0.1) is 0 Å². The van der Waals surface area contributed by atoms with E-state index in [2.05, 4.69) is 90.0 Å². The molecule has 1 aromatic rings. The maximum atomic E-state index is 3.64. The molecule has 0 heterocycles. The average Bonchev–Trinajstić information content (AvgIpc) is 2.16. The second-order valence-corrected chi connectivity index (χ2v) is 8.43. The fourth-order valence-corrected chi connectivity index (χ4v) is 3.05. The number of hydrogen-bond acceptors (Lipinski definition) is 1. The lowest BCUT2D eigenvalue weighted by Gasteiger charge is -2.33. The Bertz CT molecular complexity index is 405. The molecule has 0 aliphatic rings. The summed E-state index contributed by atoms with van der Waals surface area (Å²) in [5, 5.41) is 3.64. The largest absolute Gasteiger partial charge is 0.308 e. The molecule has 0 aliphatic carbocycles.